The normalized spacial score (nSPS) is 17.9. The predicted molar refractivity (Wildman–Crippen MR) is 76.6 cm³/mol. The molecule has 1 aliphatic rings. The van der Waals surface area contributed by atoms with E-state index in [-0.39, 0.29) is 18.0 Å². The molecule has 0 aromatic heterocycles. The van der Waals surface area contributed by atoms with E-state index in [1.165, 1.54) is 0 Å². The van der Waals surface area contributed by atoms with Crippen molar-refractivity contribution >= 4 is 18.3 Å². The summed E-state index contributed by atoms with van der Waals surface area (Å²) < 4.78 is 50.8. The number of carbonyl (C=O) groups excluding carboxylic acids is 1. The lowest BCUT2D eigenvalue weighted by Crippen LogP contribution is -2.30. The van der Waals surface area contributed by atoms with Gasteiger partial charge in [-0.2, -0.15) is 13.2 Å². The molecule has 0 spiro atoms. The van der Waals surface area contributed by atoms with E-state index in [1.807, 2.05) is 0 Å². The lowest BCUT2D eigenvalue weighted by atomic mass is 10.1. The minimum atomic E-state index is -4.81. The van der Waals surface area contributed by atoms with Gasteiger partial charge in [0, 0.05) is 18.2 Å². The van der Waals surface area contributed by atoms with Crippen LogP contribution in [0.2, 0.25) is 0 Å². The number of hydrogen-bond donors (Lipinski definition) is 2. The molecule has 1 atom stereocenters. The molecule has 0 aliphatic carbocycles. The third-order valence-corrected chi connectivity index (χ3v) is 3.47. The number of rotatable bonds is 4. The molecule has 22 heavy (non-hydrogen) atoms. The van der Waals surface area contributed by atoms with Crippen molar-refractivity contribution < 1.29 is 22.4 Å². The Morgan fingerprint density at radius 1 is 1.36 bits per heavy atom. The van der Waals surface area contributed by atoms with Crippen LogP contribution < -0.4 is 10.6 Å². The minimum absolute atomic E-state index is 0. The Bertz CT molecular complexity index is 516. The van der Waals surface area contributed by atoms with Gasteiger partial charge in [0.1, 0.15) is 5.82 Å². The van der Waals surface area contributed by atoms with E-state index in [4.69, 9.17) is 0 Å². The maximum atomic E-state index is 13.1. The molecule has 2 N–H and O–H groups in total. The molecule has 1 amide bonds. The molecule has 8 heteroatoms. The van der Waals surface area contributed by atoms with E-state index in [1.54, 1.807) is 0 Å². The van der Waals surface area contributed by atoms with Crippen LogP contribution in [0, 0.1) is 5.82 Å². The molecule has 1 aromatic rings. The third-order valence-electron chi connectivity index (χ3n) is 3.47. The molecular weight excluding hydrogens is 324 g/mol. The molecule has 0 unspecified atom stereocenters. The highest BCUT2D eigenvalue weighted by atomic mass is 35.5. The van der Waals surface area contributed by atoms with Crippen LogP contribution in [-0.4, -0.2) is 25.0 Å². The van der Waals surface area contributed by atoms with Gasteiger partial charge in [-0.3, -0.25) is 4.79 Å². The van der Waals surface area contributed by atoms with Gasteiger partial charge in [-0.15, -0.1) is 12.4 Å². The van der Waals surface area contributed by atoms with E-state index >= 15 is 0 Å². The van der Waals surface area contributed by atoms with E-state index in [2.05, 4.69) is 10.6 Å². The van der Waals surface area contributed by atoms with Crippen molar-refractivity contribution in [3.05, 3.63) is 35.1 Å². The smallest absolute Gasteiger partial charge is 0.352 e. The van der Waals surface area contributed by atoms with Gasteiger partial charge in [0.2, 0.25) is 0 Å². The molecule has 2 rings (SSSR count). The van der Waals surface area contributed by atoms with Crippen molar-refractivity contribution in [1.29, 1.82) is 0 Å². The summed E-state index contributed by atoms with van der Waals surface area (Å²) in [5.41, 5.74) is -1.62. The summed E-state index contributed by atoms with van der Waals surface area (Å²) in [6, 6.07) is 2.59. The van der Waals surface area contributed by atoms with Crippen LogP contribution in [0.1, 0.15) is 35.2 Å². The highest BCUT2D eigenvalue weighted by Gasteiger charge is 2.34. The summed E-state index contributed by atoms with van der Waals surface area (Å²) in [4.78, 5) is 11.8. The van der Waals surface area contributed by atoms with E-state index in [0.29, 0.717) is 24.7 Å². The second-order valence-corrected chi connectivity index (χ2v) is 5.03. The molecule has 1 aliphatic heterocycles. The fraction of sp³-hybridized carbons (Fsp3) is 0.500. The van der Waals surface area contributed by atoms with Gasteiger partial charge in [0.15, 0.2) is 0 Å². The first-order valence-electron chi connectivity index (χ1n) is 6.76. The number of hydrogen-bond acceptors (Lipinski definition) is 2. The highest BCUT2D eigenvalue weighted by molar-refractivity contribution is 5.94. The van der Waals surface area contributed by atoms with Crippen LogP contribution in [0.15, 0.2) is 18.2 Å². The van der Waals surface area contributed by atoms with Crippen LogP contribution in [0.4, 0.5) is 17.6 Å². The number of carbonyl (C=O) groups is 1. The second kappa shape index (κ2) is 7.78. The van der Waals surface area contributed by atoms with Gasteiger partial charge >= 0.3 is 6.18 Å². The Morgan fingerprint density at radius 2 is 2.09 bits per heavy atom. The monoisotopic (exact) mass is 340 g/mol. The fourth-order valence-corrected chi connectivity index (χ4v) is 2.35. The second-order valence-electron chi connectivity index (χ2n) is 5.03. The molecule has 0 saturated carbocycles. The quantitative estimate of drug-likeness (QED) is 0.827. The van der Waals surface area contributed by atoms with Crippen molar-refractivity contribution in [3.8, 4) is 0 Å². The Labute approximate surface area is 131 Å². The molecule has 1 fully saturated rings. The summed E-state index contributed by atoms with van der Waals surface area (Å²) in [6.45, 7) is 1.32. The average Bonchev–Trinajstić information content (AvgIpc) is 2.91. The maximum Gasteiger partial charge on any atom is 0.419 e. The van der Waals surface area contributed by atoms with Gasteiger partial charge in [-0.25, -0.2) is 4.39 Å². The van der Waals surface area contributed by atoms with Crippen LogP contribution >= 0.6 is 12.4 Å². The fourth-order valence-electron chi connectivity index (χ4n) is 2.35. The molecule has 1 heterocycles. The number of alkyl halides is 3. The molecule has 3 nitrogen and oxygen atoms in total. The molecule has 1 saturated heterocycles. The van der Waals surface area contributed by atoms with Gasteiger partial charge < -0.3 is 10.6 Å². The van der Waals surface area contributed by atoms with Crippen LogP contribution in [-0.2, 0) is 6.18 Å². The number of benzene rings is 1. The lowest BCUT2D eigenvalue weighted by Gasteiger charge is -2.12. The molecule has 1 aromatic carbocycles. The van der Waals surface area contributed by atoms with E-state index in [9.17, 15) is 22.4 Å². The number of halogens is 5. The van der Waals surface area contributed by atoms with Crippen LogP contribution in [0.5, 0.6) is 0 Å². The van der Waals surface area contributed by atoms with Gasteiger partial charge in [0.25, 0.3) is 5.91 Å². The third kappa shape index (κ3) is 4.84. The first-order valence-corrected chi connectivity index (χ1v) is 6.76. The zero-order valence-electron chi connectivity index (χ0n) is 11.7. The molecule has 124 valence electrons. The Balaban J connectivity index is 0.00000242. The summed E-state index contributed by atoms with van der Waals surface area (Å²) in [5.74, 6) is -2.01. The van der Waals surface area contributed by atoms with E-state index < -0.39 is 23.5 Å². The van der Waals surface area contributed by atoms with Crippen molar-refractivity contribution in [2.45, 2.75) is 31.5 Å². The first-order chi connectivity index (χ1) is 9.88. The van der Waals surface area contributed by atoms with Crippen LogP contribution in [0.3, 0.4) is 0 Å². The zero-order valence-corrected chi connectivity index (χ0v) is 12.5. The number of nitrogens with one attached hydrogen (secondary N) is 2. The van der Waals surface area contributed by atoms with Gasteiger partial charge in [-0.1, -0.05) is 0 Å². The first kappa shape index (κ1) is 18.7. The molecule has 0 radical (unpaired) electrons. The standard InChI is InChI=1S/C14H16F4N2O.ClH/c15-12-4-3-9(8-11(12)14(16,17)18)13(21)20-7-5-10-2-1-6-19-10;/h3-4,8,10,19H,1-2,5-7H2,(H,20,21);1H/t10-;/m1./s1. The van der Waals surface area contributed by atoms with Crippen molar-refractivity contribution in [2.75, 3.05) is 13.1 Å². The zero-order chi connectivity index (χ0) is 15.5. The lowest BCUT2D eigenvalue weighted by molar-refractivity contribution is -0.140. The summed E-state index contributed by atoms with van der Waals surface area (Å²) in [7, 11) is 0. The maximum absolute atomic E-state index is 13.1. The Morgan fingerprint density at radius 3 is 2.68 bits per heavy atom. The summed E-state index contributed by atoms with van der Waals surface area (Å²) in [6.07, 6.45) is -1.97. The molecular formula is C14H17ClF4N2O. The molecule has 0 bridgehead atoms. The van der Waals surface area contributed by atoms with Crippen LogP contribution in [0.25, 0.3) is 0 Å². The Kier molecular flexibility index (Phi) is 6.62. The van der Waals surface area contributed by atoms with Gasteiger partial charge in [-0.05, 0) is 44.0 Å². The highest BCUT2D eigenvalue weighted by Crippen LogP contribution is 2.31. The van der Waals surface area contributed by atoms with E-state index in [0.717, 1.165) is 31.9 Å². The number of amides is 1. The minimum Gasteiger partial charge on any atom is -0.352 e. The summed E-state index contributed by atoms with van der Waals surface area (Å²) >= 11 is 0. The SMILES string of the molecule is Cl.O=C(NCC[C@H]1CCCN1)c1ccc(F)c(C(F)(F)F)c1. The summed E-state index contributed by atoms with van der Waals surface area (Å²) in [5, 5.41) is 5.81. The largest absolute Gasteiger partial charge is 0.419 e. The van der Waals surface area contributed by atoms with Gasteiger partial charge in [0.05, 0.1) is 5.56 Å². The topological polar surface area (TPSA) is 41.1 Å². The average molecular weight is 341 g/mol. The van der Waals surface area contributed by atoms with Crippen molar-refractivity contribution in [1.82, 2.24) is 10.6 Å². The van der Waals surface area contributed by atoms with Crippen molar-refractivity contribution in [2.24, 2.45) is 0 Å². The van der Waals surface area contributed by atoms with Crippen molar-refractivity contribution in [3.63, 3.8) is 0 Å². The Hall–Kier alpha value is -1.34. The predicted octanol–water partition coefficient (Wildman–Crippen LogP) is 3.14.